The van der Waals surface area contributed by atoms with Gasteiger partial charge in [-0.3, -0.25) is 4.79 Å². The number of nitrogens with one attached hydrogen (secondary N) is 2. The van der Waals surface area contributed by atoms with Crippen molar-refractivity contribution >= 4 is 11.7 Å². The van der Waals surface area contributed by atoms with Crippen molar-refractivity contribution in [2.75, 3.05) is 6.54 Å². The molecule has 0 bridgehead atoms. The number of hydrogen-bond acceptors (Lipinski definition) is 4. The fraction of sp³-hybridized carbons (Fsp3) is 0.385. The van der Waals surface area contributed by atoms with Gasteiger partial charge in [0.05, 0.1) is 6.04 Å². The molecule has 1 aromatic carbocycles. The molecule has 6 nitrogen and oxygen atoms in total. The van der Waals surface area contributed by atoms with Crippen LogP contribution in [0.2, 0.25) is 0 Å². The monoisotopic (exact) mass is 262 g/mol. The highest BCUT2D eigenvalue weighted by Gasteiger charge is 2.21. The third-order valence-corrected chi connectivity index (χ3v) is 3.23. The van der Waals surface area contributed by atoms with Gasteiger partial charge in [-0.2, -0.15) is 0 Å². The minimum absolute atomic E-state index is 0.0347. The molecule has 1 aliphatic heterocycles. The quantitative estimate of drug-likeness (QED) is 0.268. The average Bonchev–Trinajstić information content (AvgIpc) is 2.46. The highest BCUT2D eigenvalue weighted by Crippen LogP contribution is 2.10. The Morgan fingerprint density at radius 1 is 1.53 bits per heavy atom. The molecule has 1 atom stereocenters. The highest BCUT2D eigenvalue weighted by atomic mass is 16.4. The Bertz CT molecular complexity index is 487. The van der Waals surface area contributed by atoms with Crippen LogP contribution in [0.4, 0.5) is 0 Å². The van der Waals surface area contributed by atoms with E-state index in [2.05, 4.69) is 15.8 Å². The van der Waals surface area contributed by atoms with Gasteiger partial charge in [0.15, 0.2) is 5.84 Å². The van der Waals surface area contributed by atoms with Crippen molar-refractivity contribution < 1.29 is 10.0 Å². The SMILES string of the molecule is NC(=NO)c1ccccc1CNC1CCCNC1=O. The summed E-state index contributed by atoms with van der Waals surface area (Å²) in [5.41, 5.74) is 7.20. The van der Waals surface area contributed by atoms with Gasteiger partial charge in [-0.05, 0) is 18.4 Å². The lowest BCUT2D eigenvalue weighted by atomic mass is 10.0. The number of nitrogens with two attached hydrogens (primary N) is 1. The van der Waals surface area contributed by atoms with E-state index in [1.54, 1.807) is 6.07 Å². The maximum absolute atomic E-state index is 11.6. The second-order valence-corrected chi connectivity index (χ2v) is 4.51. The Hall–Kier alpha value is -2.08. The van der Waals surface area contributed by atoms with Crippen molar-refractivity contribution in [3.05, 3.63) is 35.4 Å². The molecule has 1 aliphatic rings. The minimum atomic E-state index is -0.172. The van der Waals surface area contributed by atoms with Crippen LogP contribution in [0.1, 0.15) is 24.0 Å². The summed E-state index contributed by atoms with van der Waals surface area (Å²) in [4.78, 5) is 11.6. The maximum Gasteiger partial charge on any atom is 0.237 e. The average molecular weight is 262 g/mol. The van der Waals surface area contributed by atoms with Crippen molar-refractivity contribution in [3.8, 4) is 0 Å². The Morgan fingerprint density at radius 2 is 2.32 bits per heavy atom. The molecule has 1 amide bonds. The smallest absolute Gasteiger partial charge is 0.237 e. The Labute approximate surface area is 111 Å². The van der Waals surface area contributed by atoms with Gasteiger partial charge in [0.1, 0.15) is 0 Å². The predicted molar refractivity (Wildman–Crippen MR) is 71.8 cm³/mol. The number of oxime groups is 1. The molecule has 1 fully saturated rings. The third-order valence-electron chi connectivity index (χ3n) is 3.23. The molecule has 102 valence electrons. The van der Waals surface area contributed by atoms with Crippen LogP contribution in [0.25, 0.3) is 0 Å². The lowest BCUT2D eigenvalue weighted by molar-refractivity contribution is -0.124. The molecular formula is C13H18N4O2. The van der Waals surface area contributed by atoms with E-state index < -0.39 is 0 Å². The first-order valence-electron chi connectivity index (χ1n) is 6.29. The molecule has 1 unspecified atom stereocenters. The van der Waals surface area contributed by atoms with Crippen LogP contribution in [-0.2, 0) is 11.3 Å². The molecule has 1 heterocycles. The predicted octanol–water partition coefficient (Wildman–Crippen LogP) is 0.149. The highest BCUT2D eigenvalue weighted by molar-refractivity contribution is 5.98. The molecule has 2 rings (SSSR count). The van der Waals surface area contributed by atoms with Crippen molar-refractivity contribution in [1.82, 2.24) is 10.6 Å². The molecule has 5 N–H and O–H groups in total. The van der Waals surface area contributed by atoms with E-state index in [-0.39, 0.29) is 17.8 Å². The summed E-state index contributed by atoms with van der Waals surface area (Å²) in [5, 5.41) is 17.8. The van der Waals surface area contributed by atoms with Gasteiger partial charge in [0.25, 0.3) is 0 Å². The summed E-state index contributed by atoms with van der Waals surface area (Å²) in [6, 6.07) is 7.21. The van der Waals surface area contributed by atoms with E-state index in [0.29, 0.717) is 12.1 Å². The Morgan fingerprint density at radius 3 is 3.05 bits per heavy atom. The van der Waals surface area contributed by atoms with Crippen molar-refractivity contribution in [2.24, 2.45) is 10.9 Å². The van der Waals surface area contributed by atoms with E-state index in [1.165, 1.54) is 0 Å². The van der Waals surface area contributed by atoms with Crippen LogP contribution in [0.15, 0.2) is 29.4 Å². The number of benzene rings is 1. The first-order chi connectivity index (χ1) is 9.22. The van der Waals surface area contributed by atoms with E-state index in [4.69, 9.17) is 10.9 Å². The molecule has 1 aromatic rings. The molecule has 19 heavy (non-hydrogen) atoms. The fourth-order valence-corrected chi connectivity index (χ4v) is 2.18. The molecule has 6 heteroatoms. The zero-order valence-corrected chi connectivity index (χ0v) is 10.6. The molecular weight excluding hydrogens is 244 g/mol. The van der Waals surface area contributed by atoms with Gasteiger partial charge in [-0.1, -0.05) is 29.4 Å². The van der Waals surface area contributed by atoms with Gasteiger partial charge >= 0.3 is 0 Å². The van der Waals surface area contributed by atoms with Crippen LogP contribution < -0.4 is 16.4 Å². The fourth-order valence-electron chi connectivity index (χ4n) is 2.18. The van der Waals surface area contributed by atoms with E-state index in [9.17, 15) is 4.79 Å². The van der Waals surface area contributed by atoms with Gasteiger partial charge in [0.2, 0.25) is 5.91 Å². The van der Waals surface area contributed by atoms with E-state index in [1.807, 2.05) is 18.2 Å². The molecule has 0 spiro atoms. The third kappa shape index (κ3) is 3.23. The number of amidine groups is 1. The van der Waals surface area contributed by atoms with Crippen LogP contribution in [0, 0.1) is 0 Å². The number of nitrogens with zero attached hydrogens (tertiary/aromatic N) is 1. The Balaban J connectivity index is 2.05. The lowest BCUT2D eigenvalue weighted by Gasteiger charge is -2.23. The van der Waals surface area contributed by atoms with Crippen LogP contribution in [0.3, 0.4) is 0 Å². The number of piperidine rings is 1. The zero-order chi connectivity index (χ0) is 13.7. The van der Waals surface area contributed by atoms with Crippen LogP contribution in [-0.4, -0.2) is 29.5 Å². The molecule has 0 aromatic heterocycles. The second kappa shape index (κ2) is 6.19. The maximum atomic E-state index is 11.6. The van der Waals surface area contributed by atoms with Gasteiger partial charge in [-0.15, -0.1) is 0 Å². The summed E-state index contributed by atoms with van der Waals surface area (Å²) in [7, 11) is 0. The second-order valence-electron chi connectivity index (χ2n) is 4.51. The van der Waals surface area contributed by atoms with Crippen molar-refractivity contribution in [2.45, 2.75) is 25.4 Å². The van der Waals surface area contributed by atoms with Gasteiger partial charge < -0.3 is 21.6 Å². The topological polar surface area (TPSA) is 99.7 Å². The molecule has 1 saturated heterocycles. The number of carbonyl (C=O) groups excluding carboxylic acids is 1. The summed E-state index contributed by atoms with van der Waals surface area (Å²) in [6.07, 6.45) is 1.81. The van der Waals surface area contributed by atoms with Crippen molar-refractivity contribution in [1.29, 1.82) is 0 Å². The summed E-state index contributed by atoms with van der Waals surface area (Å²) >= 11 is 0. The molecule has 0 radical (unpaired) electrons. The summed E-state index contributed by atoms with van der Waals surface area (Å²) < 4.78 is 0. The number of carbonyl (C=O) groups is 1. The standard InChI is InChI=1S/C13H18N4O2/c14-12(17-19)10-5-2-1-4-9(10)8-16-11-6-3-7-15-13(11)18/h1-2,4-5,11,16,19H,3,6-8H2,(H2,14,17)(H,15,18). The first kappa shape index (κ1) is 13.4. The van der Waals surface area contributed by atoms with E-state index in [0.717, 1.165) is 24.9 Å². The zero-order valence-electron chi connectivity index (χ0n) is 10.6. The lowest BCUT2D eigenvalue weighted by Crippen LogP contribution is -2.48. The number of amides is 1. The normalized spacial score (nSPS) is 20.1. The largest absolute Gasteiger partial charge is 0.409 e. The first-order valence-corrected chi connectivity index (χ1v) is 6.29. The minimum Gasteiger partial charge on any atom is -0.409 e. The van der Waals surface area contributed by atoms with Crippen LogP contribution in [0.5, 0.6) is 0 Å². The molecule has 0 aliphatic carbocycles. The number of hydrogen-bond donors (Lipinski definition) is 4. The van der Waals surface area contributed by atoms with Crippen LogP contribution >= 0.6 is 0 Å². The number of rotatable bonds is 4. The molecule has 0 saturated carbocycles. The summed E-state index contributed by atoms with van der Waals surface area (Å²) in [5.74, 6) is 0.109. The Kier molecular flexibility index (Phi) is 4.35. The summed E-state index contributed by atoms with van der Waals surface area (Å²) in [6.45, 7) is 1.25. The van der Waals surface area contributed by atoms with Crippen molar-refractivity contribution in [3.63, 3.8) is 0 Å². The van der Waals surface area contributed by atoms with E-state index >= 15 is 0 Å². The van der Waals surface area contributed by atoms with Gasteiger partial charge in [0, 0.05) is 18.7 Å². The van der Waals surface area contributed by atoms with Gasteiger partial charge in [-0.25, -0.2) is 0 Å².